The van der Waals surface area contributed by atoms with E-state index in [1.165, 1.54) is 0 Å². The monoisotopic (exact) mass is 221 g/mol. The summed E-state index contributed by atoms with van der Waals surface area (Å²) in [6.45, 7) is 5.03. The largest absolute Gasteiger partial charge is 0.353 e. The van der Waals surface area contributed by atoms with E-state index < -0.39 is 0 Å². The lowest BCUT2D eigenvalue weighted by molar-refractivity contribution is 0.312. The third-order valence-corrected chi connectivity index (χ3v) is 2.86. The molecular weight excluding hydrogens is 202 g/mol. The van der Waals surface area contributed by atoms with Gasteiger partial charge in [-0.05, 0) is 14.1 Å². The molecule has 2 rings (SSSR count). The van der Waals surface area contributed by atoms with Crippen molar-refractivity contribution < 1.29 is 0 Å². The molecule has 16 heavy (non-hydrogen) atoms. The molecule has 0 saturated carbocycles. The number of nitrogens with zero attached hydrogens (tertiary/aromatic N) is 4. The van der Waals surface area contributed by atoms with Crippen LogP contribution in [0.4, 0.5) is 5.82 Å². The van der Waals surface area contributed by atoms with Gasteiger partial charge < -0.3 is 15.1 Å². The molecule has 5 nitrogen and oxygen atoms in total. The van der Waals surface area contributed by atoms with Crippen LogP contribution >= 0.6 is 0 Å². The third-order valence-electron chi connectivity index (χ3n) is 2.86. The Morgan fingerprint density at radius 1 is 1.25 bits per heavy atom. The summed E-state index contributed by atoms with van der Waals surface area (Å²) >= 11 is 0. The van der Waals surface area contributed by atoms with Crippen LogP contribution in [0.25, 0.3) is 0 Å². The summed E-state index contributed by atoms with van der Waals surface area (Å²) in [5, 5.41) is 3.09. The zero-order valence-electron chi connectivity index (χ0n) is 9.98. The van der Waals surface area contributed by atoms with Crippen LogP contribution in [0.2, 0.25) is 0 Å². The third kappa shape index (κ3) is 2.68. The maximum atomic E-state index is 4.59. The molecule has 1 aromatic rings. The van der Waals surface area contributed by atoms with Gasteiger partial charge in [-0.25, -0.2) is 4.98 Å². The minimum atomic E-state index is 0.772. The first kappa shape index (κ1) is 11.3. The molecule has 0 bridgehead atoms. The van der Waals surface area contributed by atoms with E-state index in [-0.39, 0.29) is 0 Å². The van der Waals surface area contributed by atoms with E-state index in [2.05, 4.69) is 32.1 Å². The van der Waals surface area contributed by atoms with Crippen LogP contribution in [0, 0.1) is 0 Å². The minimum Gasteiger partial charge on any atom is -0.353 e. The fourth-order valence-electron chi connectivity index (χ4n) is 1.85. The van der Waals surface area contributed by atoms with Crippen molar-refractivity contribution in [2.75, 3.05) is 45.2 Å². The SMILES string of the molecule is CNCc1cncc(N2CCN(C)CC2)n1. The molecule has 0 spiro atoms. The number of rotatable bonds is 3. The second-order valence-corrected chi connectivity index (χ2v) is 4.19. The molecule has 1 aliphatic rings. The van der Waals surface area contributed by atoms with Gasteiger partial charge in [0.2, 0.25) is 0 Å². The summed E-state index contributed by atoms with van der Waals surface area (Å²) in [6, 6.07) is 0. The maximum absolute atomic E-state index is 4.59. The first-order chi connectivity index (χ1) is 7.79. The Hall–Kier alpha value is -1.20. The molecule has 1 aliphatic heterocycles. The second kappa shape index (κ2) is 5.23. The summed E-state index contributed by atoms with van der Waals surface area (Å²) in [5.74, 6) is 1.00. The van der Waals surface area contributed by atoms with E-state index in [1.54, 1.807) is 0 Å². The van der Waals surface area contributed by atoms with E-state index >= 15 is 0 Å². The smallest absolute Gasteiger partial charge is 0.147 e. The van der Waals surface area contributed by atoms with Gasteiger partial charge in [-0.15, -0.1) is 0 Å². The van der Waals surface area contributed by atoms with Crippen LogP contribution in [0.15, 0.2) is 12.4 Å². The van der Waals surface area contributed by atoms with Gasteiger partial charge in [0.1, 0.15) is 5.82 Å². The van der Waals surface area contributed by atoms with E-state index in [0.29, 0.717) is 0 Å². The molecule has 0 atom stereocenters. The van der Waals surface area contributed by atoms with Crippen molar-refractivity contribution in [3.63, 3.8) is 0 Å². The number of nitrogens with one attached hydrogen (secondary N) is 1. The molecule has 0 aliphatic carbocycles. The fourth-order valence-corrected chi connectivity index (χ4v) is 1.85. The highest BCUT2D eigenvalue weighted by Crippen LogP contribution is 2.12. The quantitative estimate of drug-likeness (QED) is 0.775. The van der Waals surface area contributed by atoms with E-state index in [1.807, 2.05) is 19.4 Å². The van der Waals surface area contributed by atoms with Gasteiger partial charge in [-0.2, -0.15) is 0 Å². The first-order valence-electron chi connectivity index (χ1n) is 5.68. The lowest BCUT2D eigenvalue weighted by Crippen LogP contribution is -2.44. The van der Waals surface area contributed by atoms with Gasteiger partial charge in [0, 0.05) is 38.9 Å². The Labute approximate surface area is 96.5 Å². The molecule has 0 aromatic carbocycles. The summed E-state index contributed by atoms with van der Waals surface area (Å²) in [5.41, 5.74) is 0.999. The van der Waals surface area contributed by atoms with Gasteiger partial charge in [0.05, 0.1) is 11.9 Å². The predicted octanol–water partition coefficient (Wildman–Crippen LogP) is -0.0522. The maximum Gasteiger partial charge on any atom is 0.147 e. The van der Waals surface area contributed by atoms with Crippen LogP contribution in [-0.2, 0) is 6.54 Å². The van der Waals surface area contributed by atoms with Gasteiger partial charge in [0.15, 0.2) is 0 Å². The van der Waals surface area contributed by atoms with E-state index in [0.717, 1.165) is 44.2 Å². The van der Waals surface area contributed by atoms with Crippen LogP contribution in [0.3, 0.4) is 0 Å². The normalized spacial score (nSPS) is 17.8. The van der Waals surface area contributed by atoms with Crippen molar-refractivity contribution in [2.24, 2.45) is 0 Å². The van der Waals surface area contributed by atoms with Crippen molar-refractivity contribution in [1.29, 1.82) is 0 Å². The van der Waals surface area contributed by atoms with Crippen molar-refractivity contribution in [2.45, 2.75) is 6.54 Å². The summed E-state index contributed by atoms with van der Waals surface area (Å²) in [6.07, 6.45) is 3.67. The molecule has 1 N–H and O–H groups in total. The number of piperazine rings is 1. The molecule has 88 valence electrons. The number of hydrogen-bond donors (Lipinski definition) is 1. The molecule has 1 fully saturated rings. The number of likely N-dealkylation sites (N-methyl/N-ethyl adjacent to an activating group) is 1. The zero-order valence-corrected chi connectivity index (χ0v) is 9.98. The fraction of sp³-hybridized carbons (Fsp3) is 0.636. The highest BCUT2D eigenvalue weighted by Gasteiger charge is 2.15. The minimum absolute atomic E-state index is 0.772. The van der Waals surface area contributed by atoms with Crippen molar-refractivity contribution in [3.8, 4) is 0 Å². The average Bonchev–Trinajstić information content (AvgIpc) is 2.31. The van der Waals surface area contributed by atoms with Gasteiger partial charge in [-0.3, -0.25) is 4.98 Å². The molecule has 2 heterocycles. The number of aromatic nitrogens is 2. The highest BCUT2D eigenvalue weighted by molar-refractivity contribution is 5.37. The van der Waals surface area contributed by atoms with Crippen LogP contribution in [0.1, 0.15) is 5.69 Å². The standard InChI is InChI=1S/C11H19N5/c1-12-7-10-8-13-9-11(14-10)16-5-3-15(2)4-6-16/h8-9,12H,3-7H2,1-2H3. The van der Waals surface area contributed by atoms with Crippen LogP contribution in [-0.4, -0.2) is 55.1 Å². The zero-order chi connectivity index (χ0) is 11.4. The summed E-state index contributed by atoms with van der Waals surface area (Å²) in [7, 11) is 4.07. The van der Waals surface area contributed by atoms with Crippen LogP contribution in [0.5, 0.6) is 0 Å². The molecular formula is C11H19N5. The van der Waals surface area contributed by atoms with Gasteiger partial charge >= 0.3 is 0 Å². The van der Waals surface area contributed by atoms with Crippen molar-refractivity contribution in [1.82, 2.24) is 20.2 Å². The predicted molar refractivity (Wildman–Crippen MR) is 64.5 cm³/mol. The average molecular weight is 221 g/mol. The topological polar surface area (TPSA) is 44.3 Å². The Morgan fingerprint density at radius 3 is 2.69 bits per heavy atom. The van der Waals surface area contributed by atoms with Crippen LogP contribution < -0.4 is 10.2 Å². The van der Waals surface area contributed by atoms with Crippen molar-refractivity contribution >= 4 is 5.82 Å². The molecule has 5 heteroatoms. The molecule has 0 unspecified atom stereocenters. The van der Waals surface area contributed by atoms with Gasteiger partial charge in [0.25, 0.3) is 0 Å². The lowest BCUT2D eigenvalue weighted by Gasteiger charge is -2.33. The molecule has 1 aromatic heterocycles. The molecule has 0 amide bonds. The Kier molecular flexibility index (Phi) is 3.69. The molecule has 0 radical (unpaired) electrons. The lowest BCUT2D eigenvalue weighted by atomic mass is 10.3. The summed E-state index contributed by atoms with van der Waals surface area (Å²) < 4.78 is 0. The highest BCUT2D eigenvalue weighted by atomic mass is 15.3. The van der Waals surface area contributed by atoms with E-state index in [4.69, 9.17) is 0 Å². The van der Waals surface area contributed by atoms with E-state index in [9.17, 15) is 0 Å². The number of anilines is 1. The Morgan fingerprint density at radius 2 is 2.00 bits per heavy atom. The first-order valence-corrected chi connectivity index (χ1v) is 5.68. The molecule has 1 saturated heterocycles. The summed E-state index contributed by atoms with van der Waals surface area (Å²) in [4.78, 5) is 13.5. The van der Waals surface area contributed by atoms with Crippen molar-refractivity contribution in [3.05, 3.63) is 18.1 Å². The Bertz CT molecular complexity index is 333. The number of hydrogen-bond acceptors (Lipinski definition) is 5. The Balaban J connectivity index is 2.05. The van der Waals surface area contributed by atoms with Gasteiger partial charge in [-0.1, -0.05) is 0 Å². The second-order valence-electron chi connectivity index (χ2n) is 4.19.